The number of nitrogens with two attached hydrogens (primary N) is 1. The van der Waals surface area contributed by atoms with Crippen LogP contribution in [-0.2, 0) is 11.2 Å². The van der Waals surface area contributed by atoms with Crippen molar-refractivity contribution in [3.63, 3.8) is 0 Å². The highest BCUT2D eigenvalue weighted by Gasteiger charge is 2.44. The van der Waals surface area contributed by atoms with Gasteiger partial charge in [0, 0.05) is 6.54 Å². The molecule has 1 fully saturated rings. The molecule has 1 saturated heterocycles. The van der Waals surface area contributed by atoms with Gasteiger partial charge < -0.3 is 11.1 Å². The summed E-state index contributed by atoms with van der Waals surface area (Å²) in [5.41, 5.74) is 7.21. The van der Waals surface area contributed by atoms with Crippen LogP contribution in [0.4, 0.5) is 0 Å². The highest BCUT2D eigenvalue weighted by atomic mass is 16.2. The summed E-state index contributed by atoms with van der Waals surface area (Å²) < 4.78 is 0. The third-order valence-corrected chi connectivity index (χ3v) is 4.25. The Morgan fingerprint density at radius 2 is 2.05 bits per heavy atom. The van der Waals surface area contributed by atoms with Crippen LogP contribution in [0.1, 0.15) is 45.5 Å². The van der Waals surface area contributed by atoms with Crippen LogP contribution in [-0.4, -0.2) is 41.8 Å². The summed E-state index contributed by atoms with van der Waals surface area (Å²) in [5, 5.41) is 2.72. The van der Waals surface area contributed by atoms with Crippen molar-refractivity contribution >= 4 is 17.7 Å². The maximum absolute atomic E-state index is 12.7. The number of nitrogens with zero attached hydrogens (tertiary/aromatic N) is 1. The van der Waals surface area contributed by atoms with E-state index in [1.807, 2.05) is 6.07 Å². The van der Waals surface area contributed by atoms with Crippen molar-refractivity contribution in [2.24, 2.45) is 5.73 Å². The number of amides is 3. The molecule has 0 radical (unpaired) electrons. The summed E-state index contributed by atoms with van der Waals surface area (Å²) in [5.74, 6) is -0.962. The van der Waals surface area contributed by atoms with Gasteiger partial charge in [0.2, 0.25) is 5.91 Å². The number of rotatable bonds is 4. The summed E-state index contributed by atoms with van der Waals surface area (Å²) in [6.07, 6.45) is 2.70. The van der Waals surface area contributed by atoms with Crippen LogP contribution in [0.3, 0.4) is 0 Å². The van der Waals surface area contributed by atoms with Gasteiger partial charge in [-0.05, 0) is 43.9 Å². The molecule has 6 nitrogen and oxygen atoms in total. The molecular weight excluding hydrogens is 282 g/mol. The molecular formula is C16H19N3O3. The van der Waals surface area contributed by atoms with Crippen molar-refractivity contribution < 1.29 is 14.4 Å². The molecule has 2 aliphatic rings. The fraction of sp³-hybridized carbons (Fsp3) is 0.438. The van der Waals surface area contributed by atoms with Gasteiger partial charge in [0.25, 0.3) is 11.8 Å². The van der Waals surface area contributed by atoms with Gasteiger partial charge in [-0.3, -0.25) is 19.3 Å². The van der Waals surface area contributed by atoms with Gasteiger partial charge in [0.05, 0.1) is 11.1 Å². The first-order valence-corrected chi connectivity index (χ1v) is 7.62. The third-order valence-electron chi connectivity index (χ3n) is 4.25. The van der Waals surface area contributed by atoms with Gasteiger partial charge in [-0.1, -0.05) is 12.1 Å². The van der Waals surface area contributed by atoms with E-state index in [4.69, 9.17) is 5.73 Å². The number of nitrogens with one attached hydrogen (secondary N) is 1. The molecule has 2 aliphatic heterocycles. The molecule has 2 heterocycles. The van der Waals surface area contributed by atoms with Gasteiger partial charge in [-0.2, -0.15) is 0 Å². The van der Waals surface area contributed by atoms with Gasteiger partial charge in [-0.15, -0.1) is 0 Å². The fourth-order valence-electron chi connectivity index (χ4n) is 3.16. The standard InChI is InChI=1S/C16H19N3O3/c17-8-2-5-10-4-1-6-11-13(10)16(22)19(15(11)21)12-7-3-9-18-14(12)20/h1,4,6,12H,2-3,5,7-9,17H2,(H,18,20). The van der Waals surface area contributed by atoms with E-state index in [0.29, 0.717) is 37.1 Å². The molecule has 1 unspecified atom stereocenters. The lowest BCUT2D eigenvalue weighted by molar-refractivity contribution is -0.126. The molecule has 0 aliphatic carbocycles. The Labute approximate surface area is 128 Å². The number of piperidine rings is 1. The van der Waals surface area contributed by atoms with Crippen molar-refractivity contribution in [3.8, 4) is 0 Å². The molecule has 1 atom stereocenters. The molecule has 3 rings (SSSR count). The number of carbonyl (C=O) groups is 3. The van der Waals surface area contributed by atoms with E-state index >= 15 is 0 Å². The highest BCUT2D eigenvalue weighted by molar-refractivity contribution is 6.23. The van der Waals surface area contributed by atoms with Crippen LogP contribution in [0, 0.1) is 0 Å². The van der Waals surface area contributed by atoms with E-state index in [1.54, 1.807) is 12.1 Å². The normalized spacial score (nSPS) is 21.0. The molecule has 0 spiro atoms. The first kappa shape index (κ1) is 14.7. The van der Waals surface area contributed by atoms with Gasteiger partial charge in [0.1, 0.15) is 6.04 Å². The first-order valence-electron chi connectivity index (χ1n) is 7.62. The average molecular weight is 301 g/mol. The van der Waals surface area contributed by atoms with E-state index < -0.39 is 6.04 Å². The summed E-state index contributed by atoms with van der Waals surface area (Å²) in [4.78, 5) is 38.4. The number of hydrogen-bond acceptors (Lipinski definition) is 4. The minimum atomic E-state index is -0.691. The van der Waals surface area contributed by atoms with E-state index in [-0.39, 0.29) is 17.7 Å². The average Bonchev–Trinajstić information content (AvgIpc) is 2.78. The zero-order valence-electron chi connectivity index (χ0n) is 12.3. The zero-order valence-corrected chi connectivity index (χ0v) is 12.3. The molecule has 22 heavy (non-hydrogen) atoms. The lowest BCUT2D eigenvalue weighted by Gasteiger charge is -2.28. The minimum absolute atomic E-state index is 0.246. The smallest absolute Gasteiger partial charge is 0.262 e. The van der Waals surface area contributed by atoms with E-state index in [9.17, 15) is 14.4 Å². The molecule has 6 heteroatoms. The predicted molar refractivity (Wildman–Crippen MR) is 80.3 cm³/mol. The van der Waals surface area contributed by atoms with Crippen molar-refractivity contribution in [1.29, 1.82) is 0 Å². The minimum Gasteiger partial charge on any atom is -0.354 e. The van der Waals surface area contributed by atoms with Crippen LogP contribution >= 0.6 is 0 Å². The Bertz CT molecular complexity index is 642. The van der Waals surface area contributed by atoms with Crippen LogP contribution in [0.2, 0.25) is 0 Å². The van der Waals surface area contributed by atoms with Crippen LogP contribution in [0.15, 0.2) is 18.2 Å². The lowest BCUT2D eigenvalue weighted by Crippen LogP contribution is -2.52. The Morgan fingerprint density at radius 1 is 1.23 bits per heavy atom. The number of aryl methyl sites for hydroxylation is 1. The van der Waals surface area contributed by atoms with Crippen LogP contribution in [0.5, 0.6) is 0 Å². The topological polar surface area (TPSA) is 92.5 Å². The SMILES string of the molecule is NCCCc1cccc2c1C(=O)N(C1CCCNC1=O)C2=O. The number of carbonyl (C=O) groups excluding carboxylic acids is 3. The molecule has 3 amide bonds. The number of benzene rings is 1. The van der Waals surface area contributed by atoms with Crippen molar-refractivity contribution in [2.75, 3.05) is 13.1 Å². The van der Waals surface area contributed by atoms with Gasteiger partial charge in [0.15, 0.2) is 0 Å². The first-order chi connectivity index (χ1) is 10.6. The summed E-state index contributed by atoms with van der Waals surface area (Å²) in [6.45, 7) is 1.13. The van der Waals surface area contributed by atoms with Crippen LogP contribution in [0.25, 0.3) is 0 Å². The van der Waals surface area contributed by atoms with E-state index in [1.165, 1.54) is 0 Å². The maximum atomic E-state index is 12.7. The van der Waals surface area contributed by atoms with Gasteiger partial charge >= 0.3 is 0 Å². The second-order valence-electron chi connectivity index (χ2n) is 5.66. The van der Waals surface area contributed by atoms with E-state index in [2.05, 4.69) is 5.32 Å². The largest absolute Gasteiger partial charge is 0.354 e. The third kappa shape index (κ3) is 2.29. The number of imide groups is 1. The quantitative estimate of drug-likeness (QED) is 0.790. The molecule has 3 N–H and O–H groups in total. The second-order valence-corrected chi connectivity index (χ2v) is 5.66. The molecule has 1 aromatic rings. The fourth-order valence-corrected chi connectivity index (χ4v) is 3.16. The monoisotopic (exact) mass is 301 g/mol. The van der Waals surface area contributed by atoms with Crippen molar-refractivity contribution in [2.45, 2.75) is 31.7 Å². The lowest BCUT2D eigenvalue weighted by atomic mass is 9.99. The Morgan fingerprint density at radius 3 is 2.77 bits per heavy atom. The summed E-state index contributed by atoms with van der Waals surface area (Å²) >= 11 is 0. The zero-order chi connectivity index (χ0) is 15.7. The summed E-state index contributed by atoms with van der Waals surface area (Å²) in [6, 6.07) is 4.59. The van der Waals surface area contributed by atoms with Crippen molar-refractivity contribution in [1.82, 2.24) is 10.2 Å². The Balaban J connectivity index is 1.96. The summed E-state index contributed by atoms with van der Waals surface area (Å²) in [7, 11) is 0. The molecule has 0 aromatic heterocycles. The molecule has 116 valence electrons. The molecule has 0 saturated carbocycles. The number of fused-ring (bicyclic) bond motifs is 1. The highest BCUT2D eigenvalue weighted by Crippen LogP contribution is 2.30. The second kappa shape index (κ2) is 5.88. The van der Waals surface area contributed by atoms with E-state index in [0.717, 1.165) is 23.3 Å². The maximum Gasteiger partial charge on any atom is 0.262 e. The molecule has 1 aromatic carbocycles. The molecule has 0 bridgehead atoms. The van der Waals surface area contributed by atoms with Crippen molar-refractivity contribution in [3.05, 3.63) is 34.9 Å². The predicted octanol–water partition coefficient (Wildman–Crippen LogP) is 0.452. The Kier molecular flexibility index (Phi) is 3.94. The number of hydrogen-bond donors (Lipinski definition) is 2. The van der Waals surface area contributed by atoms with Crippen LogP contribution < -0.4 is 11.1 Å². The Hall–Kier alpha value is -2.21. The van der Waals surface area contributed by atoms with Gasteiger partial charge in [-0.25, -0.2) is 0 Å².